The highest BCUT2D eigenvalue weighted by atomic mass is 35.5. The third kappa shape index (κ3) is 3.76. The maximum atomic E-state index is 13.3. The SMILES string of the molecule is O=C1CC(c2ccc(F)cc2)=Nc2ccccc2N1Cc1ccc(Cl)cc1. The van der Waals surface area contributed by atoms with Gasteiger partial charge in [0.1, 0.15) is 5.82 Å². The third-order valence-corrected chi connectivity index (χ3v) is 4.73. The molecule has 4 rings (SSSR count). The molecule has 3 aromatic rings. The smallest absolute Gasteiger partial charge is 0.233 e. The van der Waals surface area contributed by atoms with Crippen molar-refractivity contribution in [3.8, 4) is 0 Å². The molecule has 0 unspecified atom stereocenters. The minimum Gasteiger partial charge on any atom is -0.306 e. The largest absolute Gasteiger partial charge is 0.306 e. The molecule has 5 heteroatoms. The van der Waals surface area contributed by atoms with Crippen molar-refractivity contribution >= 4 is 34.6 Å². The third-order valence-electron chi connectivity index (χ3n) is 4.48. The van der Waals surface area contributed by atoms with Crippen LogP contribution in [0, 0.1) is 5.82 Å². The molecule has 0 spiro atoms. The van der Waals surface area contributed by atoms with Crippen LogP contribution in [0.4, 0.5) is 15.8 Å². The van der Waals surface area contributed by atoms with Crippen LogP contribution < -0.4 is 4.90 Å². The van der Waals surface area contributed by atoms with Crippen LogP contribution in [0.3, 0.4) is 0 Å². The molecule has 0 radical (unpaired) electrons. The number of hydrogen-bond donors (Lipinski definition) is 0. The van der Waals surface area contributed by atoms with E-state index in [0.717, 1.165) is 22.5 Å². The lowest BCUT2D eigenvalue weighted by atomic mass is 10.1. The number of para-hydroxylation sites is 2. The first-order chi connectivity index (χ1) is 13.1. The lowest BCUT2D eigenvalue weighted by Gasteiger charge is -2.22. The molecule has 0 fully saturated rings. The monoisotopic (exact) mass is 378 g/mol. The van der Waals surface area contributed by atoms with Crippen molar-refractivity contribution in [1.82, 2.24) is 0 Å². The van der Waals surface area contributed by atoms with Gasteiger partial charge in [-0.25, -0.2) is 4.39 Å². The van der Waals surface area contributed by atoms with E-state index in [9.17, 15) is 9.18 Å². The fourth-order valence-electron chi connectivity index (χ4n) is 3.10. The molecule has 0 atom stereocenters. The van der Waals surface area contributed by atoms with Crippen LogP contribution in [0.15, 0.2) is 77.8 Å². The second-order valence-electron chi connectivity index (χ2n) is 6.34. The predicted octanol–water partition coefficient (Wildman–Crippen LogP) is 5.54. The Kier molecular flexibility index (Phi) is 4.73. The molecule has 1 heterocycles. The zero-order valence-electron chi connectivity index (χ0n) is 14.4. The van der Waals surface area contributed by atoms with Gasteiger partial charge in [0.15, 0.2) is 0 Å². The number of halogens is 2. The molecule has 1 aliphatic rings. The average Bonchev–Trinajstić information content (AvgIpc) is 2.81. The van der Waals surface area contributed by atoms with Gasteiger partial charge in [0.05, 0.1) is 30.1 Å². The van der Waals surface area contributed by atoms with Crippen LogP contribution in [-0.2, 0) is 11.3 Å². The number of carbonyl (C=O) groups is 1. The fraction of sp³-hybridized carbons (Fsp3) is 0.0909. The van der Waals surface area contributed by atoms with Crippen molar-refractivity contribution < 1.29 is 9.18 Å². The van der Waals surface area contributed by atoms with Gasteiger partial charge in [-0.1, -0.05) is 48.0 Å². The van der Waals surface area contributed by atoms with Crippen LogP contribution >= 0.6 is 11.6 Å². The summed E-state index contributed by atoms with van der Waals surface area (Å²) in [4.78, 5) is 19.5. The second kappa shape index (κ2) is 7.33. The minimum atomic E-state index is -0.316. The number of fused-ring (bicyclic) bond motifs is 1. The van der Waals surface area contributed by atoms with E-state index in [1.807, 2.05) is 48.5 Å². The van der Waals surface area contributed by atoms with E-state index < -0.39 is 0 Å². The first-order valence-electron chi connectivity index (χ1n) is 8.57. The van der Waals surface area contributed by atoms with Crippen LogP contribution in [0.2, 0.25) is 5.02 Å². The van der Waals surface area contributed by atoms with E-state index in [-0.39, 0.29) is 18.1 Å². The Morgan fingerprint density at radius 3 is 2.41 bits per heavy atom. The van der Waals surface area contributed by atoms with E-state index in [4.69, 9.17) is 16.6 Å². The average molecular weight is 379 g/mol. The van der Waals surface area contributed by atoms with Crippen molar-refractivity contribution in [1.29, 1.82) is 0 Å². The van der Waals surface area contributed by atoms with Crippen molar-refractivity contribution in [3.05, 3.63) is 94.8 Å². The van der Waals surface area contributed by atoms with Gasteiger partial charge in [-0.05, 0) is 47.5 Å². The van der Waals surface area contributed by atoms with E-state index in [0.29, 0.717) is 17.3 Å². The normalized spacial score (nSPS) is 13.8. The van der Waals surface area contributed by atoms with E-state index >= 15 is 0 Å². The highest BCUT2D eigenvalue weighted by Gasteiger charge is 2.25. The number of hydrogen-bond acceptors (Lipinski definition) is 2. The molecule has 1 amide bonds. The molecule has 3 aromatic carbocycles. The predicted molar refractivity (Wildman–Crippen MR) is 106 cm³/mol. The highest BCUT2D eigenvalue weighted by molar-refractivity contribution is 6.30. The molecule has 3 nitrogen and oxygen atoms in total. The summed E-state index contributed by atoms with van der Waals surface area (Å²) >= 11 is 5.96. The van der Waals surface area contributed by atoms with Gasteiger partial charge in [0.2, 0.25) is 5.91 Å². The molecule has 0 saturated heterocycles. The second-order valence-corrected chi connectivity index (χ2v) is 6.77. The Labute approximate surface area is 161 Å². The van der Waals surface area contributed by atoms with Crippen LogP contribution in [-0.4, -0.2) is 11.6 Å². The number of aliphatic imine (C=N–C) groups is 1. The Morgan fingerprint density at radius 1 is 0.963 bits per heavy atom. The van der Waals surface area contributed by atoms with Crippen molar-refractivity contribution in [2.24, 2.45) is 4.99 Å². The summed E-state index contributed by atoms with van der Waals surface area (Å²) in [5.74, 6) is -0.373. The molecule has 0 aromatic heterocycles. The van der Waals surface area contributed by atoms with Gasteiger partial charge in [-0.2, -0.15) is 0 Å². The van der Waals surface area contributed by atoms with Gasteiger partial charge >= 0.3 is 0 Å². The molecular weight excluding hydrogens is 363 g/mol. The van der Waals surface area contributed by atoms with E-state index in [1.165, 1.54) is 12.1 Å². The number of rotatable bonds is 3. The number of carbonyl (C=O) groups excluding carboxylic acids is 1. The summed E-state index contributed by atoms with van der Waals surface area (Å²) in [6.45, 7) is 0.430. The number of amides is 1. The van der Waals surface area contributed by atoms with Gasteiger partial charge in [-0.3, -0.25) is 9.79 Å². The molecule has 0 bridgehead atoms. The lowest BCUT2D eigenvalue weighted by Crippen LogP contribution is -2.31. The Balaban J connectivity index is 1.72. The molecule has 134 valence electrons. The lowest BCUT2D eigenvalue weighted by molar-refractivity contribution is -0.117. The molecule has 27 heavy (non-hydrogen) atoms. The van der Waals surface area contributed by atoms with E-state index in [1.54, 1.807) is 17.0 Å². The molecule has 0 aliphatic carbocycles. The zero-order valence-corrected chi connectivity index (χ0v) is 15.2. The number of benzene rings is 3. The van der Waals surface area contributed by atoms with Crippen LogP contribution in [0.25, 0.3) is 0 Å². The summed E-state index contributed by atoms with van der Waals surface area (Å²) in [6.07, 6.45) is 0.147. The molecule has 0 saturated carbocycles. The minimum absolute atomic E-state index is 0.0574. The van der Waals surface area contributed by atoms with Gasteiger partial charge in [0.25, 0.3) is 0 Å². The molecule has 1 aliphatic heterocycles. The van der Waals surface area contributed by atoms with Crippen LogP contribution in [0.1, 0.15) is 17.5 Å². The standard InChI is InChI=1S/C22H16ClFN2O/c23-17-9-5-15(6-10-17)14-26-21-4-2-1-3-19(21)25-20(13-22(26)27)16-7-11-18(24)12-8-16/h1-12H,13-14H2. The van der Waals surface area contributed by atoms with Crippen molar-refractivity contribution in [2.45, 2.75) is 13.0 Å². The summed E-state index contributed by atoms with van der Waals surface area (Å²) in [7, 11) is 0. The van der Waals surface area contributed by atoms with Crippen molar-refractivity contribution in [3.63, 3.8) is 0 Å². The fourth-order valence-corrected chi connectivity index (χ4v) is 3.23. The summed E-state index contributed by atoms with van der Waals surface area (Å²) < 4.78 is 13.3. The first-order valence-corrected chi connectivity index (χ1v) is 8.95. The Morgan fingerprint density at radius 2 is 1.67 bits per heavy atom. The zero-order chi connectivity index (χ0) is 18.8. The van der Waals surface area contributed by atoms with Gasteiger partial charge in [0, 0.05) is 5.02 Å². The van der Waals surface area contributed by atoms with Gasteiger partial charge in [-0.15, -0.1) is 0 Å². The molecular formula is C22H16ClFN2O. The topological polar surface area (TPSA) is 32.7 Å². The maximum absolute atomic E-state index is 13.3. The van der Waals surface area contributed by atoms with Crippen molar-refractivity contribution in [2.75, 3.05) is 4.90 Å². The Bertz CT molecular complexity index is 1010. The number of nitrogens with zero attached hydrogens (tertiary/aromatic N) is 2. The molecule has 0 N–H and O–H groups in total. The Hall–Kier alpha value is -2.98. The number of anilines is 1. The summed E-state index contributed by atoms with van der Waals surface area (Å²) in [5, 5.41) is 0.656. The maximum Gasteiger partial charge on any atom is 0.233 e. The van der Waals surface area contributed by atoms with Crippen LogP contribution in [0.5, 0.6) is 0 Å². The van der Waals surface area contributed by atoms with Gasteiger partial charge < -0.3 is 4.90 Å². The summed E-state index contributed by atoms with van der Waals surface area (Å²) in [5.41, 5.74) is 3.83. The summed E-state index contributed by atoms with van der Waals surface area (Å²) in [6, 6.07) is 21.0. The quantitative estimate of drug-likeness (QED) is 0.589. The highest BCUT2D eigenvalue weighted by Crippen LogP contribution is 2.34. The first kappa shape index (κ1) is 17.4. The van der Waals surface area contributed by atoms with E-state index in [2.05, 4.69) is 0 Å².